The number of carbonyl (C=O) groups is 2. The first-order valence-corrected chi connectivity index (χ1v) is 7.79. The molecule has 0 aromatic heterocycles. The molecule has 0 spiro atoms. The molecule has 3 nitrogen and oxygen atoms in total. The fourth-order valence-corrected chi connectivity index (χ4v) is 3.52. The monoisotopic (exact) mass is 323 g/mol. The normalized spacial score (nSPS) is 19.2. The Kier molecular flexibility index (Phi) is 4.06. The number of rotatable bonds is 4. The Morgan fingerprint density at radius 2 is 1.96 bits per heavy atom. The minimum atomic E-state index is -1.09. The van der Waals surface area contributed by atoms with Crippen molar-refractivity contribution < 1.29 is 14.0 Å². The molecule has 4 heteroatoms. The zero-order valence-electron chi connectivity index (χ0n) is 13.5. The third-order valence-corrected chi connectivity index (χ3v) is 4.43. The van der Waals surface area contributed by atoms with Gasteiger partial charge in [0, 0.05) is 18.9 Å². The predicted molar refractivity (Wildman–Crippen MR) is 91.6 cm³/mol. The SMILES string of the molecule is C=CC[C@@]1(Cc2ccccc2)C(=O)c2ccc(F)cc2N1C(C)=O. The van der Waals surface area contributed by atoms with Gasteiger partial charge in [-0.2, -0.15) is 0 Å². The zero-order chi connectivity index (χ0) is 17.3. The maximum Gasteiger partial charge on any atom is 0.224 e. The third kappa shape index (κ3) is 2.44. The first-order chi connectivity index (χ1) is 11.5. The van der Waals surface area contributed by atoms with Crippen molar-refractivity contribution in [3.63, 3.8) is 0 Å². The molecular formula is C20H18FNO2. The number of hydrogen-bond donors (Lipinski definition) is 0. The number of amides is 1. The molecule has 1 aliphatic rings. The molecule has 24 heavy (non-hydrogen) atoms. The topological polar surface area (TPSA) is 37.4 Å². The molecule has 0 fully saturated rings. The summed E-state index contributed by atoms with van der Waals surface area (Å²) in [7, 11) is 0. The maximum atomic E-state index is 13.7. The predicted octanol–water partition coefficient (Wildman–Crippen LogP) is 3.93. The second kappa shape index (κ2) is 6.04. The van der Waals surface area contributed by atoms with Crippen molar-refractivity contribution in [2.24, 2.45) is 0 Å². The van der Waals surface area contributed by atoms with Crippen LogP contribution in [0.4, 0.5) is 10.1 Å². The summed E-state index contributed by atoms with van der Waals surface area (Å²) in [5.41, 5.74) is 0.562. The van der Waals surface area contributed by atoms with Crippen molar-refractivity contribution in [1.29, 1.82) is 0 Å². The molecule has 1 atom stereocenters. The van der Waals surface area contributed by atoms with E-state index in [1.54, 1.807) is 6.08 Å². The van der Waals surface area contributed by atoms with E-state index >= 15 is 0 Å². The molecule has 1 amide bonds. The smallest absolute Gasteiger partial charge is 0.224 e. The molecule has 122 valence electrons. The largest absolute Gasteiger partial charge is 0.298 e. The highest BCUT2D eigenvalue weighted by Gasteiger charge is 2.52. The summed E-state index contributed by atoms with van der Waals surface area (Å²) in [5, 5.41) is 0. The van der Waals surface area contributed by atoms with Gasteiger partial charge in [0.2, 0.25) is 5.91 Å². The molecule has 0 unspecified atom stereocenters. The summed E-state index contributed by atoms with van der Waals surface area (Å²) >= 11 is 0. The van der Waals surface area contributed by atoms with Gasteiger partial charge in [-0.3, -0.25) is 14.5 Å². The van der Waals surface area contributed by atoms with Gasteiger partial charge in [0.05, 0.1) is 5.69 Å². The van der Waals surface area contributed by atoms with Crippen LogP contribution in [0, 0.1) is 5.82 Å². The van der Waals surface area contributed by atoms with Gasteiger partial charge < -0.3 is 0 Å². The second-order valence-electron chi connectivity index (χ2n) is 6.03. The van der Waals surface area contributed by atoms with Gasteiger partial charge in [0.1, 0.15) is 11.4 Å². The first kappa shape index (κ1) is 16.1. The number of carbonyl (C=O) groups excluding carboxylic acids is 2. The van der Waals surface area contributed by atoms with Crippen LogP contribution >= 0.6 is 0 Å². The molecule has 0 saturated carbocycles. The average Bonchev–Trinajstić information content (AvgIpc) is 2.77. The molecule has 0 radical (unpaired) electrons. The van der Waals surface area contributed by atoms with Crippen molar-refractivity contribution in [3.8, 4) is 0 Å². The minimum Gasteiger partial charge on any atom is -0.298 e. The van der Waals surface area contributed by atoms with Crippen LogP contribution in [-0.4, -0.2) is 17.2 Å². The molecular weight excluding hydrogens is 305 g/mol. The van der Waals surface area contributed by atoms with Gasteiger partial charge >= 0.3 is 0 Å². The highest BCUT2D eigenvalue weighted by molar-refractivity contribution is 6.20. The van der Waals surface area contributed by atoms with Gasteiger partial charge in [-0.25, -0.2) is 4.39 Å². The summed E-state index contributed by atoms with van der Waals surface area (Å²) in [4.78, 5) is 27.0. The number of ketones is 1. The van der Waals surface area contributed by atoms with Gasteiger partial charge in [0.15, 0.2) is 5.78 Å². The lowest BCUT2D eigenvalue weighted by Crippen LogP contribution is -2.54. The first-order valence-electron chi connectivity index (χ1n) is 7.79. The Labute approximate surface area is 140 Å². The van der Waals surface area contributed by atoms with Crippen molar-refractivity contribution in [2.75, 3.05) is 4.90 Å². The lowest BCUT2D eigenvalue weighted by Gasteiger charge is -2.36. The summed E-state index contributed by atoms with van der Waals surface area (Å²) < 4.78 is 13.7. The number of benzene rings is 2. The van der Waals surface area contributed by atoms with E-state index < -0.39 is 11.4 Å². The average molecular weight is 323 g/mol. The van der Waals surface area contributed by atoms with Crippen LogP contribution in [-0.2, 0) is 11.2 Å². The highest BCUT2D eigenvalue weighted by Crippen LogP contribution is 2.43. The van der Waals surface area contributed by atoms with Gasteiger partial charge in [-0.05, 0) is 30.2 Å². The lowest BCUT2D eigenvalue weighted by molar-refractivity contribution is -0.117. The van der Waals surface area contributed by atoms with Gasteiger partial charge in [-0.15, -0.1) is 6.58 Å². The Morgan fingerprint density at radius 1 is 1.25 bits per heavy atom. The number of hydrogen-bond acceptors (Lipinski definition) is 2. The maximum absolute atomic E-state index is 13.7. The Hall–Kier alpha value is -2.75. The molecule has 1 aliphatic heterocycles. The summed E-state index contributed by atoms with van der Waals surface area (Å²) in [5.74, 6) is -0.927. The van der Waals surface area contributed by atoms with E-state index in [1.807, 2.05) is 30.3 Å². The number of halogens is 1. The molecule has 0 N–H and O–H groups in total. The van der Waals surface area contributed by atoms with E-state index in [9.17, 15) is 14.0 Å². The number of nitrogens with zero attached hydrogens (tertiary/aromatic N) is 1. The lowest BCUT2D eigenvalue weighted by atomic mass is 9.82. The molecule has 0 aliphatic carbocycles. The van der Waals surface area contributed by atoms with E-state index in [0.29, 0.717) is 24.1 Å². The highest BCUT2D eigenvalue weighted by atomic mass is 19.1. The molecule has 3 rings (SSSR count). The van der Waals surface area contributed by atoms with Crippen LogP contribution in [0.1, 0.15) is 29.3 Å². The summed E-state index contributed by atoms with van der Waals surface area (Å²) in [6, 6.07) is 13.5. The van der Waals surface area contributed by atoms with E-state index in [0.717, 1.165) is 5.56 Å². The summed E-state index contributed by atoms with van der Waals surface area (Å²) in [6.07, 6.45) is 2.30. The second-order valence-corrected chi connectivity index (χ2v) is 6.03. The van der Waals surface area contributed by atoms with Crippen molar-refractivity contribution in [1.82, 2.24) is 0 Å². The van der Waals surface area contributed by atoms with Crippen LogP contribution in [0.5, 0.6) is 0 Å². The fourth-order valence-electron chi connectivity index (χ4n) is 3.52. The van der Waals surface area contributed by atoms with Crippen LogP contribution in [0.3, 0.4) is 0 Å². The molecule has 2 aromatic carbocycles. The van der Waals surface area contributed by atoms with E-state index in [2.05, 4.69) is 6.58 Å². The number of Topliss-reactive ketones (excluding diaryl/α,β-unsaturated/α-hetero) is 1. The van der Waals surface area contributed by atoms with Crippen LogP contribution in [0.2, 0.25) is 0 Å². The molecule has 0 bridgehead atoms. The molecule has 1 heterocycles. The van der Waals surface area contributed by atoms with Crippen molar-refractivity contribution >= 4 is 17.4 Å². The van der Waals surface area contributed by atoms with Crippen LogP contribution in [0.15, 0.2) is 61.2 Å². The number of anilines is 1. The summed E-state index contributed by atoms with van der Waals surface area (Å²) in [6.45, 7) is 5.15. The minimum absolute atomic E-state index is 0.170. The van der Waals surface area contributed by atoms with Crippen LogP contribution in [0.25, 0.3) is 0 Å². The van der Waals surface area contributed by atoms with Crippen LogP contribution < -0.4 is 4.90 Å². The Bertz CT molecular complexity index is 816. The standard InChI is InChI=1S/C20H18FNO2/c1-3-11-20(13-15-7-5-4-6-8-15)19(24)17-10-9-16(21)12-18(17)22(20)14(2)23/h3-10,12H,1,11,13H2,2H3/t20-/m1/s1. The molecule has 0 saturated heterocycles. The number of fused-ring (bicyclic) bond motifs is 1. The van der Waals surface area contributed by atoms with Crippen molar-refractivity contribution in [2.45, 2.75) is 25.3 Å². The quantitative estimate of drug-likeness (QED) is 0.800. The zero-order valence-corrected chi connectivity index (χ0v) is 13.5. The van der Waals surface area contributed by atoms with Crippen molar-refractivity contribution in [3.05, 3.63) is 78.1 Å². The van der Waals surface area contributed by atoms with E-state index in [-0.39, 0.29) is 11.7 Å². The van der Waals surface area contributed by atoms with E-state index in [4.69, 9.17) is 0 Å². The third-order valence-electron chi connectivity index (χ3n) is 4.43. The van der Waals surface area contributed by atoms with E-state index in [1.165, 1.54) is 30.0 Å². The van der Waals surface area contributed by atoms with Gasteiger partial charge in [0.25, 0.3) is 0 Å². The fraction of sp³-hybridized carbons (Fsp3) is 0.200. The molecule has 2 aromatic rings. The Balaban J connectivity index is 2.18. The Morgan fingerprint density at radius 3 is 2.58 bits per heavy atom. The van der Waals surface area contributed by atoms with Gasteiger partial charge in [-0.1, -0.05) is 36.4 Å².